The van der Waals surface area contributed by atoms with Crippen LogP contribution in [0.25, 0.3) is 0 Å². The van der Waals surface area contributed by atoms with Crippen LogP contribution in [0.15, 0.2) is 0 Å². The van der Waals surface area contributed by atoms with Gasteiger partial charge in [-0.3, -0.25) is 4.90 Å². The van der Waals surface area contributed by atoms with E-state index >= 15 is 0 Å². The molecule has 1 saturated heterocycles. The predicted molar refractivity (Wildman–Crippen MR) is 67.6 cm³/mol. The molecule has 0 aromatic rings. The Morgan fingerprint density at radius 1 is 0.875 bits per heavy atom. The first-order valence-electron chi connectivity index (χ1n) is 7.41. The van der Waals surface area contributed by atoms with Crippen LogP contribution in [0.1, 0.15) is 51.4 Å². The maximum absolute atomic E-state index is 3.78. The van der Waals surface area contributed by atoms with E-state index in [2.05, 4.69) is 10.2 Å². The van der Waals surface area contributed by atoms with Gasteiger partial charge in [0.2, 0.25) is 0 Å². The molecule has 0 aromatic heterocycles. The van der Waals surface area contributed by atoms with Crippen LogP contribution in [0.3, 0.4) is 0 Å². The first kappa shape index (κ1) is 11.0. The van der Waals surface area contributed by atoms with Gasteiger partial charge in [0.15, 0.2) is 0 Å². The summed E-state index contributed by atoms with van der Waals surface area (Å²) in [5.41, 5.74) is 0. The third-order valence-corrected chi connectivity index (χ3v) is 5.05. The molecule has 92 valence electrons. The van der Waals surface area contributed by atoms with Crippen LogP contribution < -0.4 is 5.32 Å². The number of hydrogen-bond acceptors (Lipinski definition) is 2. The lowest BCUT2D eigenvalue weighted by atomic mass is 9.82. The summed E-state index contributed by atoms with van der Waals surface area (Å²) in [7, 11) is 0. The highest BCUT2D eigenvalue weighted by atomic mass is 15.2. The fraction of sp³-hybridized carbons (Fsp3) is 1.00. The second kappa shape index (κ2) is 5.05. The Labute approximate surface area is 99.8 Å². The van der Waals surface area contributed by atoms with Crippen LogP contribution in [0.2, 0.25) is 0 Å². The minimum atomic E-state index is 0.814. The number of nitrogens with one attached hydrogen (secondary N) is 1. The zero-order chi connectivity index (χ0) is 10.8. The molecule has 0 amide bonds. The van der Waals surface area contributed by atoms with Gasteiger partial charge in [-0.1, -0.05) is 25.7 Å². The monoisotopic (exact) mass is 222 g/mol. The molecule has 2 saturated carbocycles. The molecule has 3 fully saturated rings. The molecular weight excluding hydrogens is 196 g/mol. The van der Waals surface area contributed by atoms with E-state index in [9.17, 15) is 0 Å². The highest BCUT2D eigenvalue weighted by Gasteiger charge is 2.32. The normalized spacial score (nSPS) is 34.9. The summed E-state index contributed by atoms with van der Waals surface area (Å²) < 4.78 is 0. The van der Waals surface area contributed by atoms with Crippen molar-refractivity contribution >= 4 is 0 Å². The van der Waals surface area contributed by atoms with Crippen LogP contribution >= 0.6 is 0 Å². The third kappa shape index (κ3) is 2.28. The average molecular weight is 222 g/mol. The van der Waals surface area contributed by atoms with Gasteiger partial charge < -0.3 is 5.32 Å². The number of nitrogens with zero attached hydrogens (tertiary/aromatic N) is 1. The Morgan fingerprint density at radius 3 is 2.38 bits per heavy atom. The Morgan fingerprint density at radius 2 is 1.69 bits per heavy atom. The highest BCUT2D eigenvalue weighted by Crippen LogP contribution is 2.30. The van der Waals surface area contributed by atoms with Gasteiger partial charge in [-0.15, -0.1) is 0 Å². The van der Waals surface area contributed by atoms with Crippen molar-refractivity contribution in [1.29, 1.82) is 0 Å². The van der Waals surface area contributed by atoms with E-state index in [0.717, 1.165) is 18.0 Å². The van der Waals surface area contributed by atoms with Crippen LogP contribution in [0, 0.1) is 5.92 Å². The summed E-state index contributed by atoms with van der Waals surface area (Å²) in [6.07, 6.45) is 11.8. The largest absolute Gasteiger partial charge is 0.311 e. The van der Waals surface area contributed by atoms with Crippen molar-refractivity contribution < 1.29 is 0 Å². The summed E-state index contributed by atoms with van der Waals surface area (Å²) in [5.74, 6) is 0.983. The summed E-state index contributed by atoms with van der Waals surface area (Å²) in [6, 6.07) is 1.77. The van der Waals surface area contributed by atoms with Gasteiger partial charge in [0, 0.05) is 31.7 Å². The zero-order valence-corrected chi connectivity index (χ0v) is 10.5. The van der Waals surface area contributed by atoms with Crippen LogP contribution in [-0.4, -0.2) is 36.6 Å². The van der Waals surface area contributed by atoms with Crippen molar-refractivity contribution in [3.63, 3.8) is 0 Å². The molecule has 3 rings (SSSR count). The minimum Gasteiger partial charge on any atom is -0.311 e. The van der Waals surface area contributed by atoms with E-state index in [0.29, 0.717) is 0 Å². The lowest BCUT2D eigenvalue weighted by molar-refractivity contribution is 0.0706. The van der Waals surface area contributed by atoms with Gasteiger partial charge >= 0.3 is 0 Å². The van der Waals surface area contributed by atoms with Crippen molar-refractivity contribution in [3.8, 4) is 0 Å². The smallest absolute Gasteiger partial charge is 0.0223 e. The molecule has 1 N–H and O–H groups in total. The van der Waals surface area contributed by atoms with Gasteiger partial charge in [0.1, 0.15) is 0 Å². The van der Waals surface area contributed by atoms with Crippen molar-refractivity contribution in [2.45, 2.75) is 63.5 Å². The lowest BCUT2D eigenvalue weighted by Crippen LogP contribution is -2.57. The maximum Gasteiger partial charge on any atom is 0.0223 e. The molecule has 0 bridgehead atoms. The molecule has 1 aliphatic heterocycles. The third-order valence-electron chi connectivity index (χ3n) is 5.05. The molecule has 2 heteroatoms. The molecule has 3 aliphatic rings. The van der Waals surface area contributed by atoms with Crippen molar-refractivity contribution in [2.24, 2.45) is 5.92 Å². The second-order valence-electron chi connectivity index (χ2n) is 6.04. The summed E-state index contributed by atoms with van der Waals surface area (Å²) in [5, 5.41) is 3.78. The summed E-state index contributed by atoms with van der Waals surface area (Å²) in [4.78, 5) is 2.78. The first-order chi connectivity index (χ1) is 7.93. The second-order valence-corrected chi connectivity index (χ2v) is 6.04. The highest BCUT2D eigenvalue weighted by molar-refractivity contribution is 4.90. The fourth-order valence-corrected chi connectivity index (χ4v) is 3.74. The van der Waals surface area contributed by atoms with E-state index in [1.165, 1.54) is 71.0 Å². The predicted octanol–water partition coefficient (Wildman–Crippen LogP) is 2.39. The van der Waals surface area contributed by atoms with Crippen molar-refractivity contribution in [1.82, 2.24) is 10.2 Å². The molecule has 2 aliphatic carbocycles. The quantitative estimate of drug-likeness (QED) is 0.772. The van der Waals surface area contributed by atoms with Gasteiger partial charge in [-0.25, -0.2) is 0 Å². The number of rotatable bonds is 2. The average Bonchev–Trinajstić information content (AvgIpc) is 2.28. The van der Waals surface area contributed by atoms with Crippen LogP contribution in [-0.2, 0) is 0 Å². The Balaban J connectivity index is 1.54. The molecule has 0 radical (unpaired) electrons. The van der Waals surface area contributed by atoms with Crippen LogP contribution in [0.5, 0.6) is 0 Å². The lowest BCUT2D eigenvalue weighted by Gasteiger charge is -2.45. The molecule has 1 heterocycles. The molecule has 0 spiro atoms. The Bertz CT molecular complexity index is 219. The van der Waals surface area contributed by atoms with E-state index in [1.807, 2.05) is 0 Å². The van der Waals surface area contributed by atoms with E-state index < -0.39 is 0 Å². The number of hydrogen-bond donors (Lipinski definition) is 1. The molecule has 2 nitrogen and oxygen atoms in total. The Hall–Kier alpha value is -0.0800. The van der Waals surface area contributed by atoms with Gasteiger partial charge in [-0.2, -0.15) is 0 Å². The summed E-state index contributed by atoms with van der Waals surface area (Å²) in [6.45, 7) is 3.88. The topological polar surface area (TPSA) is 15.3 Å². The van der Waals surface area contributed by atoms with Gasteiger partial charge in [0.05, 0.1) is 0 Å². The van der Waals surface area contributed by atoms with Gasteiger partial charge in [0.25, 0.3) is 0 Å². The SMILES string of the molecule is C1CCC(C2CN(C3CCC3)CCN2)CC1. The molecule has 1 atom stereocenters. The van der Waals surface area contributed by atoms with E-state index in [1.54, 1.807) is 0 Å². The summed E-state index contributed by atoms with van der Waals surface area (Å²) >= 11 is 0. The molecule has 0 aromatic carbocycles. The van der Waals surface area contributed by atoms with Crippen LogP contribution in [0.4, 0.5) is 0 Å². The number of piperazine rings is 1. The Kier molecular flexibility index (Phi) is 3.49. The zero-order valence-electron chi connectivity index (χ0n) is 10.5. The fourth-order valence-electron chi connectivity index (χ4n) is 3.74. The standard InChI is InChI=1S/C14H26N2/c1-2-5-12(6-3-1)14-11-16(10-9-15-14)13-7-4-8-13/h12-15H,1-11H2. The molecular formula is C14H26N2. The van der Waals surface area contributed by atoms with Gasteiger partial charge in [-0.05, 0) is 31.6 Å². The molecule has 16 heavy (non-hydrogen) atoms. The minimum absolute atomic E-state index is 0.814. The van der Waals surface area contributed by atoms with Crippen molar-refractivity contribution in [2.75, 3.05) is 19.6 Å². The van der Waals surface area contributed by atoms with E-state index in [4.69, 9.17) is 0 Å². The van der Waals surface area contributed by atoms with E-state index in [-0.39, 0.29) is 0 Å². The van der Waals surface area contributed by atoms with Crippen molar-refractivity contribution in [3.05, 3.63) is 0 Å². The molecule has 1 unspecified atom stereocenters. The maximum atomic E-state index is 3.78. The first-order valence-corrected chi connectivity index (χ1v) is 7.41.